The summed E-state index contributed by atoms with van der Waals surface area (Å²) in [5.41, 5.74) is 4.33. The summed E-state index contributed by atoms with van der Waals surface area (Å²) in [5.74, 6) is -0.167. The number of nitrogens with zero attached hydrogens (tertiary/aromatic N) is 5. The molecule has 0 aliphatic carbocycles. The maximum atomic E-state index is 11.3. The first-order chi connectivity index (χ1) is 21.1. The highest BCUT2D eigenvalue weighted by atomic mass is 16.6. The Bertz CT molecular complexity index is 1700. The van der Waals surface area contributed by atoms with Crippen LogP contribution in [0.25, 0.3) is 0 Å². The first kappa shape index (κ1) is 27.1. The number of nitro benzene ring substituents is 1. The number of nitrogens with one attached hydrogen (secondary N) is 1. The summed E-state index contributed by atoms with van der Waals surface area (Å²) in [5, 5.41) is 33.8. The molecule has 9 heteroatoms. The number of ether oxygens (including phenoxy) is 1. The second-order valence-corrected chi connectivity index (χ2v) is 9.58. The van der Waals surface area contributed by atoms with Crippen LogP contribution in [-0.4, -0.2) is 22.2 Å². The van der Waals surface area contributed by atoms with Gasteiger partial charge in [0, 0.05) is 12.1 Å². The number of hydrazone groups is 2. The van der Waals surface area contributed by atoms with Gasteiger partial charge in [-0.2, -0.15) is 10.2 Å². The van der Waals surface area contributed by atoms with E-state index in [0.29, 0.717) is 11.3 Å². The summed E-state index contributed by atoms with van der Waals surface area (Å²) < 4.78 is 6.12. The third-order valence-corrected chi connectivity index (χ3v) is 6.76. The smallest absolute Gasteiger partial charge is 0.269 e. The SMILES string of the molecule is N=C1O[C@@H](c2ccc([N+](=O)[O-])cc2)C(=N\N(c2ccccc2)c2ccccc2)/C1=N\N(c1ccccc1)c1ccccc1. The van der Waals surface area contributed by atoms with Gasteiger partial charge in [0.15, 0.2) is 11.8 Å². The Labute approximate surface area is 248 Å². The van der Waals surface area contributed by atoms with Crippen molar-refractivity contribution in [3.63, 3.8) is 0 Å². The van der Waals surface area contributed by atoms with Crippen LogP contribution in [0, 0.1) is 15.5 Å². The Morgan fingerprint density at radius 1 is 0.605 bits per heavy atom. The van der Waals surface area contributed by atoms with Crippen LogP contribution < -0.4 is 10.0 Å². The summed E-state index contributed by atoms with van der Waals surface area (Å²) in [6.07, 6.45) is -0.838. The van der Waals surface area contributed by atoms with E-state index in [2.05, 4.69) is 0 Å². The van der Waals surface area contributed by atoms with Crippen LogP contribution in [0.2, 0.25) is 0 Å². The molecule has 5 aromatic rings. The second kappa shape index (κ2) is 12.2. The topological polar surface area (TPSA) is 107 Å². The van der Waals surface area contributed by atoms with Crippen molar-refractivity contribution in [1.82, 2.24) is 0 Å². The lowest BCUT2D eigenvalue weighted by Gasteiger charge is -2.22. The summed E-state index contributed by atoms with van der Waals surface area (Å²) in [4.78, 5) is 10.9. The highest BCUT2D eigenvalue weighted by Crippen LogP contribution is 2.34. The fourth-order valence-corrected chi connectivity index (χ4v) is 4.68. The standard InChI is InChI=1S/C34H26N6O3/c35-34-32(37-39(28-17-9-3-10-18-28)29-19-11-4-12-20-29)31(33(43-34)25-21-23-30(24-22-25)40(41)42)36-38(26-13-5-1-6-14-26)27-15-7-2-8-16-27/h1-24,33,35H/b35-34?,36-31-,37-32+/t33-/m0/s1. The largest absolute Gasteiger partial charge is 0.461 e. The average Bonchev–Trinajstić information content (AvgIpc) is 3.38. The summed E-state index contributed by atoms with van der Waals surface area (Å²) in [7, 11) is 0. The highest BCUT2D eigenvalue weighted by Gasteiger charge is 2.39. The Morgan fingerprint density at radius 3 is 1.40 bits per heavy atom. The summed E-state index contributed by atoms with van der Waals surface area (Å²) >= 11 is 0. The highest BCUT2D eigenvalue weighted by molar-refractivity contribution is 6.70. The molecule has 1 aliphatic heterocycles. The van der Waals surface area contributed by atoms with Gasteiger partial charge in [0.25, 0.3) is 5.69 Å². The number of nitro groups is 1. The van der Waals surface area contributed by atoms with Crippen molar-refractivity contribution < 1.29 is 9.66 Å². The van der Waals surface area contributed by atoms with Gasteiger partial charge in [-0.25, -0.2) is 10.0 Å². The first-order valence-electron chi connectivity index (χ1n) is 13.6. The Hall–Kier alpha value is -6.09. The molecule has 0 amide bonds. The van der Waals surface area contributed by atoms with Gasteiger partial charge in [-0.15, -0.1) is 0 Å². The predicted octanol–water partition coefficient (Wildman–Crippen LogP) is 8.03. The molecule has 0 unspecified atom stereocenters. The van der Waals surface area contributed by atoms with Gasteiger partial charge in [0.2, 0.25) is 5.90 Å². The van der Waals surface area contributed by atoms with Crippen molar-refractivity contribution in [3.8, 4) is 0 Å². The maximum Gasteiger partial charge on any atom is 0.269 e. The summed E-state index contributed by atoms with van der Waals surface area (Å²) in [6, 6.07) is 44.7. The quantitative estimate of drug-likeness (QED) is 0.151. The van der Waals surface area contributed by atoms with Crippen molar-refractivity contribution in [2.24, 2.45) is 10.2 Å². The van der Waals surface area contributed by atoms with Crippen LogP contribution in [0.4, 0.5) is 28.4 Å². The van der Waals surface area contributed by atoms with Gasteiger partial charge in [0.1, 0.15) is 5.71 Å². The fourth-order valence-electron chi connectivity index (χ4n) is 4.68. The lowest BCUT2D eigenvalue weighted by Crippen LogP contribution is -2.25. The normalized spacial score (nSPS) is 16.2. The van der Waals surface area contributed by atoms with Gasteiger partial charge in [0.05, 0.1) is 27.7 Å². The van der Waals surface area contributed by atoms with E-state index in [1.807, 2.05) is 121 Å². The minimum Gasteiger partial charge on any atom is -0.461 e. The fraction of sp³-hybridized carbons (Fsp3) is 0.0294. The van der Waals surface area contributed by atoms with E-state index >= 15 is 0 Å². The molecule has 0 radical (unpaired) electrons. The molecule has 210 valence electrons. The van der Waals surface area contributed by atoms with E-state index in [1.165, 1.54) is 12.1 Å². The van der Waals surface area contributed by atoms with Gasteiger partial charge in [-0.1, -0.05) is 72.8 Å². The third-order valence-electron chi connectivity index (χ3n) is 6.76. The van der Waals surface area contributed by atoms with Crippen molar-refractivity contribution in [3.05, 3.63) is 161 Å². The monoisotopic (exact) mass is 566 g/mol. The number of hydrogen-bond acceptors (Lipinski definition) is 8. The minimum atomic E-state index is -0.838. The summed E-state index contributed by atoms with van der Waals surface area (Å²) in [6.45, 7) is 0. The predicted molar refractivity (Wildman–Crippen MR) is 170 cm³/mol. The van der Waals surface area contributed by atoms with Crippen LogP contribution >= 0.6 is 0 Å². The van der Waals surface area contributed by atoms with Crippen molar-refractivity contribution in [1.29, 1.82) is 5.41 Å². The number of anilines is 4. The molecule has 0 bridgehead atoms. The minimum absolute atomic E-state index is 0.0428. The molecule has 1 aliphatic rings. The van der Waals surface area contributed by atoms with Crippen LogP contribution in [0.3, 0.4) is 0 Å². The second-order valence-electron chi connectivity index (χ2n) is 9.58. The van der Waals surface area contributed by atoms with E-state index in [9.17, 15) is 10.1 Å². The van der Waals surface area contributed by atoms with Crippen LogP contribution in [0.15, 0.2) is 156 Å². The molecule has 1 atom stereocenters. The lowest BCUT2D eigenvalue weighted by atomic mass is 10.0. The molecule has 1 fully saturated rings. The number of rotatable bonds is 8. The maximum absolute atomic E-state index is 11.3. The molecule has 0 saturated carbocycles. The van der Waals surface area contributed by atoms with E-state index in [0.717, 1.165) is 22.7 Å². The van der Waals surface area contributed by atoms with Gasteiger partial charge in [-0.05, 0) is 66.2 Å². The Morgan fingerprint density at radius 2 is 1.00 bits per heavy atom. The first-order valence-corrected chi connectivity index (χ1v) is 13.6. The van der Waals surface area contributed by atoms with Crippen LogP contribution in [0.5, 0.6) is 0 Å². The van der Waals surface area contributed by atoms with Gasteiger partial charge in [-0.3, -0.25) is 15.5 Å². The molecule has 1 heterocycles. The molecule has 5 aromatic carbocycles. The molecule has 1 saturated heterocycles. The van der Waals surface area contributed by atoms with E-state index in [-0.39, 0.29) is 17.3 Å². The lowest BCUT2D eigenvalue weighted by molar-refractivity contribution is -0.384. The molecule has 6 rings (SSSR count). The number of non-ortho nitro benzene ring substituents is 1. The Balaban J connectivity index is 1.55. The van der Waals surface area contributed by atoms with E-state index in [1.54, 1.807) is 22.2 Å². The molecule has 0 aromatic heterocycles. The average molecular weight is 567 g/mol. The van der Waals surface area contributed by atoms with E-state index < -0.39 is 11.0 Å². The molecular weight excluding hydrogens is 540 g/mol. The molecular formula is C34H26N6O3. The molecule has 43 heavy (non-hydrogen) atoms. The van der Waals surface area contributed by atoms with Crippen molar-refractivity contribution in [2.45, 2.75) is 6.10 Å². The number of hydrogen-bond donors (Lipinski definition) is 1. The number of benzene rings is 5. The van der Waals surface area contributed by atoms with Crippen molar-refractivity contribution in [2.75, 3.05) is 10.0 Å². The van der Waals surface area contributed by atoms with Crippen LogP contribution in [-0.2, 0) is 4.74 Å². The van der Waals surface area contributed by atoms with E-state index in [4.69, 9.17) is 20.3 Å². The van der Waals surface area contributed by atoms with Gasteiger partial charge >= 0.3 is 0 Å². The van der Waals surface area contributed by atoms with Crippen LogP contribution in [0.1, 0.15) is 11.7 Å². The molecule has 0 spiro atoms. The number of para-hydroxylation sites is 4. The van der Waals surface area contributed by atoms with Crippen molar-refractivity contribution >= 4 is 45.8 Å². The zero-order valence-corrected chi connectivity index (χ0v) is 22.9. The zero-order chi connectivity index (χ0) is 29.6. The Kier molecular flexibility index (Phi) is 7.68. The van der Waals surface area contributed by atoms with Gasteiger partial charge < -0.3 is 4.74 Å². The molecule has 9 nitrogen and oxygen atoms in total. The molecule has 1 N–H and O–H groups in total. The third kappa shape index (κ3) is 5.86. The zero-order valence-electron chi connectivity index (χ0n) is 22.9.